The molecule has 17 heavy (non-hydrogen) atoms. The van der Waals surface area contributed by atoms with E-state index in [1.807, 2.05) is 29.6 Å². The molecule has 0 spiro atoms. The summed E-state index contributed by atoms with van der Waals surface area (Å²) in [7, 11) is 0. The molecule has 1 aromatic carbocycles. The van der Waals surface area contributed by atoms with E-state index in [-0.39, 0.29) is 6.10 Å². The fourth-order valence-electron chi connectivity index (χ4n) is 1.67. The lowest BCUT2D eigenvalue weighted by atomic mass is 10.2. The number of halogens is 1. The van der Waals surface area contributed by atoms with Gasteiger partial charge in [-0.05, 0) is 12.1 Å². The van der Waals surface area contributed by atoms with Gasteiger partial charge in [-0.15, -0.1) is 22.9 Å². The fourth-order valence-corrected chi connectivity index (χ4v) is 2.73. The predicted octanol–water partition coefficient (Wildman–Crippen LogP) is 3.39. The van der Waals surface area contributed by atoms with Gasteiger partial charge in [0.05, 0.1) is 11.6 Å². The molecule has 3 rings (SSSR count). The van der Waals surface area contributed by atoms with Crippen molar-refractivity contribution in [1.29, 1.82) is 0 Å². The van der Waals surface area contributed by atoms with E-state index >= 15 is 0 Å². The van der Waals surface area contributed by atoms with Gasteiger partial charge >= 0.3 is 0 Å². The Hall–Kier alpha value is -1.26. The topological polar surface area (TPSA) is 31.4 Å². The lowest BCUT2D eigenvalue weighted by Gasteiger charge is -2.24. The van der Waals surface area contributed by atoms with E-state index in [1.165, 1.54) is 0 Å². The van der Waals surface area contributed by atoms with Crippen LogP contribution in [-0.2, 0) is 5.88 Å². The summed E-state index contributed by atoms with van der Waals surface area (Å²) in [6.45, 7) is 0.492. The lowest BCUT2D eigenvalue weighted by molar-refractivity contribution is 0.0910. The number of benzene rings is 1. The zero-order valence-corrected chi connectivity index (χ0v) is 10.5. The zero-order chi connectivity index (χ0) is 11.7. The molecule has 0 saturated carbocycles. The Kier molecular flexibility index (Phi) is 2.91. The van der Waals surface area contributed by atoms with Crippen LogP contribution in [0.4, 0.5) is 0 Å². The van der Waals surface area contributed by atoms with Gasteiger partial charge in [0, 0.05) is 5.38 Å². The summed E-state index contributed by atoms with van der Waals surface area (Å²) in [5, 5.41) is 2.86. The number of hydrogen-bond acceptors (Lipinski definition) is 4. The second kappa shape index (κ2) is 4.55. The number of hydrogen-bond donors (Lipinski definition) is 0. The minimum absolute atomic E-state index is 0.133. The second-order valence-electron chi connectivity index (χ2n) is 3.67. The molecule has 2 heterocycles. The SMILES string of the molecule is ClCc1csc(C2COc3ccccc3O2)n1. The van der Waals surface area contributed by atoms with Crippen LogP contribution < -0.4 is 9.47 Å². The number of ether oxygens (including phenoxy) is 2. The molecule has 1 aliphatic rings. The molecule has 0 saturated heterocycles. The van der Waals surface area contributed by atoms with Crippen molar-refractivity contribution >= 4 is 22.9 Å². The highest BCUT2D eigenvalue weighted by molar-refractivity contribution is 7.09. The predicted molar refractivity (Wildman–Crippen MR) is 67.0 cm³/mol. The maximum Gasteiger partial charge on any atom is 0.184 e. The third-order valence-corrected chi connectivity index (χ3v) is 3.75. The second-order valence-corrected chi connectivity index (χ2v) is 4.83. The van der Waals surface area contributed by atoms with E-state index in [4.69, 9.17) is 21.1 Å². The Balaban J connectivity index is 1.84. The molecule has 0 radical (unpaired) electrons. The van der Waals surface area contributed by atoms with Crippen LogP contribution in [-0.4, -0.2) is 11.6 Å². The fraction of sp³-hybridized carbons (Fsp3) is 0.250. The van der Waals surface area contributed by atoms with E-state index in [2.05, 4.69) is 4.98 Å². The first-order chi connectivity index (χ1) is 8.36. The summed E-state index contributed by atoms with van der Waals surface area (Å²) in [6, 6.07) is 7.66. The third-order valence-electron chi connectivity index (χ3n) is 2.49. The quantitative estimate of drug-likeness (QED) is 0.782. The van der Waals surface area contributed by atoms with Crippen molar-refractivity contribution in [1.82, 2.24) is 4.98 Å². The van der Waals surface area contributed by atoms with Crippen LogP contribution in [0.5, 0.6) is 11.5 Å². The smallest absolute Gasteiger partial charge is 0.184 e. The Morgan fingerprint density at radius 3 is 2.94 bits per heavy atom. The Bertz CT molecular complexity index is 529. The van der Waals surface area contributed by atoms with Crippen LogP contribution in [0.25, 0.3) is 0 Å². The normalized spacial score (nSPS) is 18.1. The van der Waals surface area contributed by atoms with Gasteiger partial charge < -0.3 is 9.47 Å². The zero-order valence-electron chi connectivity index (χ0n) is 8.93. The molecule has 0 aliphatic carbocycles. The molecule has 2 aromatic rings. The maximum atomic E-state index is 5.86. The van der Waals surface area contributed by atoms with Crippen LogP contribution in [0.2, 0.25) is 0 Å². The van der Waals surface area contributed by atoms with Crippen LogP contribution in [0.3, 0.4) is 0 Å². The summed E-state index contributed by atoms with van der Waals surface area (Å²) in [4.78, 5) is 4.41. The van der Waals surface area contributed by atoms with Gasteiger partial charge in [-0.3, -0.25) is 0 Å². The summed E-state index contributed by atoms with van der Waals surface area (Å²) in [5.74, 6) is 1.99. The monoisotopic (exact) mass is 267 g/mol. The van der Waals surface area contributed by atoms with E-state index in [1.54, 1.807) is 11.3 Å². The van der Waals surface area contributed by atoms with Gasteiger partial charge in [0.25, 0.3) is 0 Å². The molecule has 1 aliphatic heterocycles. The van der Waals surface area contributed by atoms with E-state index < -0.39 is 0 Å². The minimum Gasteiger partial charge on any atom is -0.485 e. The molecule has 0 amide bonds. The van der Waals surface area contributed by atoms with Gasteiger partial charge in [-0.1, -0.05) is 12.1 Å². The van der Waals surface area contributed by atoms with Gasteiger partial charge in [0.1, 0.15) is 11.6 Å². The molecular weight excluding hydrogens is 258 g/mol. The molecular formula is C12H10ClNO2S. The highest BCUT2D eigenvalue weighted by Gasteiger charge is 2.24. The van der Waals surface area contributed by atoms with Crippen LogP contribution in [0, 0.1) is 0 Å². The summed E-state index contributed by atoms with van der Waals surface area (Å²) < 4.78 is 11.5. The van der Waals surface area contributed by atoms with Gasteiger partial charge in [-0.2, -0.15) is 0 Å². The van der Waals surface area contributed by atoms with Gasteiger partial charge in [-0.25, -0.2) is 4.98 Å². The summed E-state index contributed by atoms with van der Waals surface area (Å²) in [5.41, 5.74) is 0.883. The third kappa shape index (κ3) is 2.10. The highest BCUT2D eigenvalue weighted by atomic mass is 35.5. The minimum atomic E-state index is -0.133. The number of fused-ring (bicyclic) bond motifs is 1. The molecule has 0 bridgehead atoms. The van der Waals surface area contributed by atoms with Gasteiger partial charge in [0.2, 0.25) is 0 Å². The molecule has 3 nitrogen and oxygen atoms in total. The summed E-state index contributed by atoms with van der Waals surface area (Å²) in [6.07, 6.45) is -0.133. The number of para-hydroxylation sites is 2. The lowest BCUT2D eigenvalue weighted by Crippen LogP contribution is -2.21. The number of aromatic nitrogens is 1. The average Bonchev–Trinajstić information content (AvgIpc) is 2.87. The van der Waals surface area contributed by atoms with Crippen molar-refractivity contribution in [3.8, 4) is 11.5 Å². The largest absolute Gasteiger partial charge is 0.485 e. The molecule has 88 valence electrons. The van der Waals surface area contributed by atoms with Crippen LogP contribution >= 0.6 is 22.9 Å². The first-order valence-corrected chi connectivity index (χ1v) is 6.67. The molecule has 0 N–H and O–H groups in total. The van der Waals surface area contributed by atoms with E-state index in [0.717, 1.165) is 22.2 Å². The Morgan fingerprint density at radius 2 is 2.18 bits per heavy atom. The Morgan fingerprint density at radius 1 is 1.35 bits per heavy atom. The van der Waals surface area contributed by atoms with Crippen molar-refractivity contribution in [2.24, 2.45) is 0 Å². The Labute approximate surface area is 108 Å². The van der Waals surface area contributed by atoms with E-state index in [0.29, 0.717) is 12.5 Å². The summed E-state index contributed by atoms with van der Waals surface area (Å²) >= 11 is 7.29. The molecule has 1 atom stereocenters. The van der Waals surface area contributed by atoms with Crippen molar-refractivity contribution in [2.45, 2.75) is 12.0 Å². The standard InChI is InChI=1S/C12H10ClNO2S/c13-5-8-7-17-12(14-8)11-6-15-9-3-1-2-4-10(9)16-11/h1-4,7,11H,5-6H2. The average molecular weight is 268 g/mol. The van der Waals surface area contributed by atoms with Gasteiger partial charge in [0.15, 0.2) is 17.6 Å². The maximum absolute atomic E-state index is 5.86. The van der Waals surface area contributed by atoms with E-state index in [9.17, 15) is 0 Å². The van der Waals surface area contributed by atoms with Crippen molar-refractivity contribution in [2.75, 3.05) is 6.61 Å². The molecule has 1 aromatic heterocycles. The van der Waals surface area contributed by atoms with Crippen LogP contribution in [0.15, 0.2) is 29.6 Å². The number of rotatable bonds is 2. The molecule has 1 unspecified atom stereocenters. The first-order valence-electron chi connectivity index (χ1n) is 5.25. The van der Waals surface area contributed by atoms with Crippen molar-refractivity contribution < 1.29 is 9.47 Å². The van der Waals surface area contributed by atoms with Crippen molar-refractivity contribution in [3.05, 3.63) is 40.3 Å². The van der Waals surface area contributed by atoms with Crippen LogP contribution in [0.1, 0.15) is 16.8 Å². The van der Waals surface area contributed by atoms with Crippen molar-refractivity contribution in [3.63, 3.8) is 0 Å². The molecule has 0 fully saturated rings. The molecule has 5 heteroatoms. The number of alkyl halides is 1. The first kappa shape index (κ1) is 10.9. The number of nitrogens with zero attached hydrogens (tertiary/aromatic N) is 1. The number of thiazole rings is 1. The highest BCUT2D eigenvalue weighted by Crippen LogP contribution is 2.36.